The molecule has 0 aromatic heterocycles. The fraction of sp³-hybridized carbons (Fsp3) is 0.412. The molecule has 0 aliphatic carbocycles. The number of aromatic carboxylic acids is 1. The summed E-state index contributed by atoms with van der Waals surface area (Å²) in [4.78, 5) is 36.9. The lowest BCUT2D eigenvalue weighted by Crippen LogP contribution is -2.38. The van der Waals surface area contributed by atoms with E-state index in [1.54, 1.807) is 18.2 Å². The lowest BCUT2D eigenvalue weighted by atomic mass is 10.1. The molecule has 1 aromatic carbocycles. The molecule has 0 spiro atoms. The highest BCUT2D eigenvalue weighted by Crippen LogP contribution is 2.05. The molecule has 1 aliphatic heterocycles. The minimum Gasteiger partial charge on any atom is -0.478 e. The summed E-state index contributed by atoms with van der Waals surface area (Å²) < 4.78 is 0. The molecule has 0 atom stereocenters. The molecule has 1 heterocycles. The molecule has 0 saturated carbocycles. The van der Waals surface area contributed by atoms with Gasteiger partial charge in [0.2, 0.25) is 5.91 Å². The van der Waals surface area contributed by atoms with Gasteiger partial charge in [0.1, 0.15) is 0 Å². The van der Waals surface area contributed by atoms with Crippen LogP contribution in [-0.4, -0.2) is 48.4 Å². The molecular formula is C17H22N4O4. The number of nitrogens with zero attached hydrogens (tertiary/aromatic N) is 1. The second-order valence-corrected chi connectivity index (χ2v) is 5.77. The Labute approximate surface area is 145 Å². The number of urea groups is 1. The van der Waals surface area contributed by atoms with Gasteiger partial charge < -0.3 is 15.7 Å². The number of nitrogens with one attached hydrogen (secondary N) is 3. The Hall–Kier alpha value is -2.58. The van der Waals surface area contributed by atoms with Crippen LogP contribution in [-0.2, 0) is 11.3 Å². The van der Waals surface area contributed by atoms with E-state index < -0.39 is 12.0 Å². The van der Waals surface area contributed by atoms with Gasteiger partial charge >= 0.3 is 12.0 Å². The molecule has 1 aromatic rings. The summed E-state index contributed by atoms with van der Waals surface area (Å²) in [5.74, 6) is -1.23. The third-order valence-electron chi connectivity index (χ3n) is 3.66. The molecule has 2 rings (SSSR count). The van der Waals surface area contributed by atoms with Gasteiger partial charge in [-0.2, -0.15) is 0 Å². The van der Waals surface area contributed by atoms with Gasteiger partial charge in [-0.05, 0) is 43.6 Å². The third kappa shape index (κ3) is 6.82. The first-order valence-electron chi connectivity index (χ1n) is 8.18. The lowest BCUT2D eigenvalue weighted by Gasteiger charge is -2.12. The van der Waals surface area contributed by atoms with Crippen molar-refractivity contribution in [1.29, 1.82) is 0 Å². The molecule has 4 N–H and O–H groups in total. The number of carboxylic acids is 1. The Morgan fingerprint density at radius 3 is 2.56 bits per heavy atom. The van der Waals surface area contributed by atoms with Gasteiger partial charge in [0.25, 0.3) is 0 Å². The highest BCUT2D eigenvalue weighted by molar-refractivity contribution is 6.14. The van der Waals surface area contributed by atoms with E-state index in [2.05, 4.69) is 20.9 Å². The average Bonchev–Trinajstić information content (AvgIpc) is 2.56. The first-order chi connectivity index (χ1) is 12.0. The normalized spacial score (nSPS) is 14.2. The SMILES string of the molecule is O=C1CC(CNCCCCNCc2cccc(C(=O)O)c2)=NC(=O)N1. The van der Waals surface area contributed by atoms with Gasteiger partial charge in [-0.3, -0.25) is 10.1 Å². The summed E-state index contributed by atoms with van der Waals surface area (Å²) in [6.07, 6.45) is 2.06. The van der Waals surface area contributed by atoms with Crippen molar-refractivity contribution in [2.24, 2.45) is 4.99 Å². The van der Waals surface area contributed by atoms with E-state index in [4.69, 9.17) is 5.11 Å². The Bertz CT molecular complexity index is 672. The fourth-order valence-electron chi connectivity index (χ4n) is 2.44. The lowest BCUT2D eigenvalue weighted by molar-refractivity contribution is -0.119. The van der Waals surface area contributed by atoms with Crippen LogP contribution in [0.1, 0.15) is 35.2 Å². The number of carbonyl (C=O) groups is 3. The van der Waals surface area contributed by atoms with Gasteiger partial charge in [0.15, 0.2) is 0 Å². The largest absolute Gasteiger partial charge is 0.478 e. The van der Waals surface area contributed by atoms with Crippen molar-refractivity contribution in [1.82, 2.24) is 16.0 Å². The highest BCUT2D eigenvalue weighted by Gasteiger charge is 2.17. The minimum atomic E-state index is -0.922. The third-order valence-corrected chi connectivity index (χ3v) is 3.66. The molecule has 25 heavy (non-hydrogen) atoms. The molecule has 8 heteroatoms. The second-order valence-electron chi connectivity index (χ2n) is 5.77. The van der Waals surface area contributed by atoms with Crippen LogP contribution in [0.3, 0.4) is 0 Å². The number of carbonyl (C=O) groups excluding carboxylic acids is 2. The quantitative estimate of drug-likeness (QED) is 0.468. The van der Waals surface area contributed by atoms with Crippen LogP contribution in [0.5, 0.6) is 0 Å². The molecule has 0 fully saturated rings. The van der Waals surface area contributed by atoms with Gasteiger partial charge in [-0.1, -0.05) is 12.1 Å². The number of amides is 3. The van der Waals surface area contributed by atoms with Crippen molar-refractivity contribution in [3.63, 3.8) is 0 Å². The zero-order chi connectivity index (χ0) is 18.1. The maximum absolute atomic E-state index is 11.2. The molecule has 0 unspecified atom stereocenters. The van der Waals surface area contributed by atoms with E-state index >= 15 is 0 Å². The van der Waals surface area contributed by atoms with Crippen LogP contribution < -0.4 is 16.0 Å². The van der Waals surface area contributed by atoms with Crippen molar-refractivity contribution in [3.05, 3.63) is 35.4 Å². The number of unbranched alkanes of at least 4 members (excludes halogenated alkanes) is 1. The van der Waals surface area contributed by atoms with Gasteiger partial charge in [0, 0.05) is 18.8 Å². The van der Waals surface area contributed by atoms with Crippen molar-refractivity contribution >= 4 is 23.6 Å². The van der Waals surface area contributed by atoms with Crippen molar-refractivity contribution in [2.75, 3.05) is 19.6 Å². The number of hydrogen-bond donors (Lipinski definition) is 4. The summed E-state index contributed by atoms with van der Waals surface area (Å²) in [6, 6.07) is 6.28. The molecule has 134 valence electrons. The molecule has 0 radical (unpaired) electrons. The van der Waals surface area contributed by atoms with E-state index in [0.717, 1.165) is 31.5 Å². The highest BCUT2D eigenvalue weighted by atomic mass is 16.4. The zero-order valence-electron chi connectivity index (χ0n) is 13.9. The van der Waals surface area contributed by atoms with E-state index in [1.165, 1.54) is 0 Å². The van der Waals surface area contributed by atoms with E-state index in [-0.39, 0.29) is 12.3 Å². The second kappa shape index (κ2) is 9.65. The number of aliphatic imine (C=N–C) groups is 1. The number of hydrogen-bond acceptors (Lipinski definition) is 5. The molecular weight excluding hydrogens is 324 g/mol. The van der Waals surface area contributed by atoms with Crippen LogP contribution in [0.2, 0.25) is 0 Å². The Morgan fingerprint density at radius 1 is 1.16 bits per heavy atom. The smallest absolute Gasteiger partial charge is 0.347 e. The first kappa shape index (κ1) is 18.8. The van der Waals surface area contributed by atoms with Gasteiger partial charge in [-0.15, -0.1) is 0 Å². The van der Waals surface area contributed by atoms with Crippen molar-refractivity contribution in [2.45, 2.75) is 25.8 Å². The average molecular weight is 346 g/mol. The maximum atomic E-state index is 11.2. The molecule has 3 amide bonds. The predicted molar refractivity (Wildman–Crippen MR) is 92.8 cm³/mol. The Balaban J connectivity index is 1.54. The van der Waals surface area contributed by atoms with Gasteiger partial charge in [0.05, 0.1) is 12.0 Å². The summed E-state index contributed by atoms with van der Waals surface area (Å²) in [5.41, 5.74) is 1.79. The minimum absolute atomic E-state index is 0.162. The van der Waals surface area contributed by atoms with E-state index in [9.17, 15) is 14.4 Å². The number of imide groups is 1. The number of rotatable bonds is 10. The molecule has 0 saturated heterocycles. The fourth-order valence-corrected chi connectivity index (χ4v) is 2.44. The monoisotopic (exact) mass is 346 g/mol. The van der Waals surface area contributed by atoms with E-state index in [0.29, 0.717) is 24.4 Å². The number of carboxylic acid groups (broad SMARTS) is 1. The standard InChI is InChI=1S/C17H22N4O4/c22-15-9-14(20-17(25)21-15)11-19-7-2-1-6-18-10-12-4-3-5-13(8-12)16(23)24/h3-5,8,18-19H,1-2,6-7,9-11H2,(H,23,24)(H,21,22,25). The van der Waals surface area contributed by atoms with E-state index in [1.807, 2.05) is 6.07 Å². The topological polar surface area (TPSA) is 120 Å². The molecule has 0 bridgehead atoms. The Kier molecular flexibility index (Phi) is 7.24. The first-order valence-corrected chi connectivity index (χ1v) is 8.18. The van der Waals surface area contributed by atoms with Crippen LogP contribution in [0, 0.1) is 0 Å². The summed E-state index contributed by atoms with van der Waals surface area (Å²) in [7, 11) is 0. The molecule has 8 nitrogen and oxygen atoms in total. The summed E-state index contributed by atoms with van der Waals surface area (Å²) in [5, 5.41) is 17.5. The zero-order valence-corrected chi connectivity index (χ0v) is 13.9. The van der Waals surface area contributed by atoms with Crippen LogP contribution in [0.4, 0.5) is 4.79 Å². The number of benzene rings is 1. The van der Waals surface area contributed by atoms with Crippen LogP contribution in [0.15, 0.2) is 29.3 Å². The Morgan fingerprint density at radius 2 is 1.88 bits per heavy atom. The van der Waals surface area contributed by atoms with Crippen molar-refractivity contribution < 1.29 is 19.5 Å². The summed E-state index contributed by atoms with van der Waals surface area (Å²) in [6.45, 7) is 2.66. The van der Waals surface area contributed by atoms with Crippen LogP contribution in [0.25, 0.3) is 0 Å². The predicted octanol–water partition coefficient (Wildman–Crippen LogP) is 0.925. The van der Waals surface area contributed by atoms with Crippen molar-refractivity contribution in [3.8, 4) is 0 Å². The van der Waals surface area contributed by atoms with Crippen LogP contribution >= 0.6 is 0 Å². The van der Waals surface area contributed by atoms with Gasteiger partial charge in [-0.25, -0.2) is 14.6 Å². The maximum Gasteiger partial charge on any atom is 0.347 e. The molecule has 1 aliphatic rings. The summed E-state index contributed by atoms with van der Waals surface area (Å²) >= 11 is 0.